The van der Waals surface area contributed by atoms with Crippen LogP contribution >= 0.6 is 0 Å². The lowest BCUT2D eigenvalue weighted by atomic mass is 10.0. The monoisotopic (exact) mass is 311 g/mol. The minimum absolute atomic E-state index is 0.373. The Balaban J connectivity index is 1.93. The molecule has 0 saturated heterocycles. The highest BCUT2D eigenvalue weighted by Crippen LogP contribution is 2.24. The molecule has 1 aromatic carbocycles. The van der Waals surface area contributed by atoms with Crippen molar-refractivity contribution >= 4 is 15.7 Å². The minimum Gasteiger partial charge on any atom is -0.385 e. The number of anilines is 1. The number of unbranched alkanes of at least 4 members (excludes halogenated alkanes) is 1. The molecule has 5 nitrogen and oxygen atoms in total. The van der Waals surface area contributed by atoms with Crippen LogP contribution < -0.4 is 10.0 Å². The van der Waals surface area contributed by atoms with Crippen LogP contribution in [0.25, 0.3) is 0 Å². The molecule has 118 valence electrons. The first-order chi connectivity index (χ1) is 9.99. The van der Waals surface area contributed by atoms with Gasteiger partial charge in [0.05, 0.1) is 4.90 Å². The lowest BCUT2D eigenvalue weighted by molar-refractivity contribution is 0.394. The van der Waals surface area contributed by atoms with Gasteiger partial charge in [-0.05, 0) is 70.1 Å². The molecule has 1 aromatic rings. The Kier molecular flexibility index (Phi) is 5.61. The number of benzene rings is 1. The SMILES string of the molecule is CN(C)CCCCNS(=O)(=O)c1ccc2c(c1)CCCN2. The zero-order chi connectivity index (χ0) is 15.3. The zero-order valence-corrected chi connectivity index (χ0v) is 13.7. The van der Waals surface area contributed by atoms with Crippen LogP contribution in [0.2, 0.25) is 0 Å². The van der Waals surface area contributed by atoms with Crippen LogP contribution in [-0.4, -0.2) is 47.0 Å². The predicted octanol–water partition coefficient (Wildman–Crippen LogP) is 1.66. The standard InChI is InChI=1S/C15H25N3O2S/c1-18(2)11-4-3-10-17-21(19,20)14-7-8-15-13(12-14)6-5-9-16-15/h7-8,12,16-17H,3-6,9-11H2,1-2H3. The van der Waals surface area contributed by atoms with Crippen molar-refractivity contribution < 1.29 is 8.42 Å². The molecule has 0 bridgehead atoms. The van der Waals surface area contributed by atoms with Crippen LogP contribution in [0.15, 0.2) is 23.1 Å². The summed E-state index contributed by atoms with van der Waals surface area (Å²) in [6.07, 6.45) is 3.83. The van der Waals surface area contributed by atoms with Gasteiger partial charge in [0.2, 0.25) is 10.0 Å². The molecule has 0 aliphatic carbocycles. The molecule has 21 heavy (non-hydrogen) atoms. The number of nitrogens with one attached hydrogen (secondary N) is 2. The number of nitrogens with zero attached hydrogens (tertiary/aromatic N) is 1. The molecule has 1 aliphatic rings. The summed E-state index contributed by atoms with van der Waals surface area (Å²) < 4.78 is 27.2. The predicted molar refractivity (Wildman–Crippen MR) is 86.2 cm³/mol. The van der Waals surface area contributed by atoms with Crippen molar-refractivity contribution in [2.45, 2.75) is 30.6 Å². The Morgan fingerprint density at radius 2 is 2.10 bits per heavy atom. The zero-order valence-electron chi connectivity index (χ0n) is 12.9. The van der Waals surface area contributed by atoms with E-state index in [0.717, 1.165) is 50.0 Å². The number of hydrogen-bond acceptors (Lipinski definition) is 4. The summed E-state index contributed by atoms with van der Waals surface area (Å²) in [6.45, 7) is 2.43. The maximum absolute atomic E-state index is 12.3. The number of hydrogen-bond donors (Lipinski definition) is 2. The summed E-state index contributed by atoms with van der Waals surface area (Å²) in [5.74, 6) is 0. The largest absolute Gasteiger partial charge is 0.385 e. The van der Waals surface area contributed by atoms with Gasteiger partial charge < -0.3 is 10.2 Å². The van der Waals surface area contributed by atoms with Crippen LogP contribution in [0, 0.1) is 0 Å². The van der Waals surface area contributed by atoms with Gasteiger partial charge in [-0.15, -0.1) is 0 Å². The second-order valence-electron chi connectivity index (χ2n) is 5.76. The van der Waals surface area contributed by atoms with Crippen LogP contribution in [0.4, 0.5) is 5.69 Å². The highest BCUT2D eigenvalue weighted by atomic mass is 32.2. The van der Waals surface area contributed by atoms with E-state index in [1.165, 1.54) is 0 Å². The first kappa shape index (κ1) is 16.3. The number of aryl methyl sites for hydroxylation is 1. The third-order valence-electron chi connectivity index (χ3n) is 3.65. The quantitative estimate of drug-likeness (QED) is 0.752. The molecule has 0 atom stereocenters. The molecule has 0 radical (unpaired) electrons. The third-order valence-corrected chi connectivity index (χ3v) is 5.11. The van der Waals surface area contributed by atoms with E-state index >= 15 is 0 Å². The molecule has 0 unspecified atom stereocenters. The van der Waals surface area contributed by atoms with E-state index in [0.29, 0.717) is 11.4 Å². The highest BCUT2D eigenvalue weighted by molar-refractivity contribution is 7.89. The molecule has 0 aromatic heterocycles. The fraction of sp³-hybridized carbons (Fsp3) is 0.600. The van der Waals surface area contributed by atoms with Crippen LogP contribution in [0.1, 0.15) is 24.8 Å². The number of sulfonamides is 1. The summed E-state index contributed by atoms with van der Waals surface area (Å²) in [7, 11) is 0.652. The van der Waals surface area contributed by atoms with Gasteiger partial charge in [-0.2, -0.15) is 0 Å². The van der Waals surface area contributed by atoms with Gasteiger partial charge in [-0.3, -0.25) is 0 Å². The Morgan fingerprint density at radius 1 is 1.29 bits per heavy atom. The van der Waals surface area contributed by atoms with Crippen LogP contribution in [-0.2, 0) is 16.4 Å². The molecule has 2 N–H and O–H groups in total. The molecule has 0 saturated carbocycles. The molecule has 1 aliphatic heterocycles. The second-order valence-corrected chi connectivity index (χ2v) is 7.52. The fourth-order valence-corrected chi connectivity index (χ4v) is 3.59. The van der Waals surface area contributed by atoms with Gasteiger partial charge in [0.25, 0.3) is 0 Å². The van der Waals surface area contributed by atoms with E-state index in [2.05, 4.69) is 14.9 Å². The summed E-state index contributed by atoms with van der Waals surface area (Å²) in [6, 6.07) is 5.35. The van der Waals surface area contributed by atoms with Gasteiger partial charge in [0, 0.05) is 18.8 Å². The van der Waals surface area contributed by atoms with Crippen LogP contribution in [0.3, 0.4) is 0 Å². The Bertz CT molecular complexity index is 570. The molecular formula is C15H25N3O2S. The molecular weight excluding hydrogens is 286 g/mol. The van der Waals surface area contributed by atoms with Gasteiger partial charge in [-0.1, -0.05) is 0 Å². The fourth-order valence-electron chi connectivity index (χ4n) is 2.46. The Hall–Kier alpha value is -1.11. The number of rotatable bonds is 7. The van der Waals surface area contributed by atoms with Gasteiger partial charge in [-0.25, -0.2) is 13.1 Å². The second kappa shape index (κ2) is 7.24. The molecule has 0 amide bonds. The number of fused-ring (bicyclic) bond motifs is 1. The first-order valence-electron chi connectivity index (χ1n) is 7.50. The van der Waals surface area contributed by atoms with Gasteiger partial charge in [0.15, 0.2) is 0 Å². The van der Waals surface area contributed by atoms with Crippen molar-refractivity contribution in [3.63, 3.8) is 0 Å². The Morgan fingerprint density at radius 3 is 2.86 bits per heavy atom. The molecule has 6 heteroatoms. The minimum atomic E-state index is -3.39. The summed E-state index contributed by atoms with van der Waals surface area (Å²) in [5.41, 5.74) is 2.16. The highest BCUT2D eigenvalue weighted by Gasteiger charge is 2.16. The molecule has 0 fully saturated rings. The van der Waals surface area contributed by atoms with Gasteiger partial charge >= 0.3 is 0 Å². The lowest BCUT2D eigenvalue weighted by Crippen LogP contribution is -2.26. The van der Waals surface area contributed by atoms with Crippen LogP contribution in [0.5, 0.6) is 0 Å². The van der Waals surface area contributed by atoms with E-state index in [4.69, 9.17) is 0 Å². The lowest BCUT2D eigenvalue weighted by Gasteiger charge is -2.18. The van der Waals surface area contributed by atoms with Crippen molar-refractivity contribution in [3.05, 3.63) is 23.8 Å². The summed E-state index contributed by atoms with van der Waals surface area (Å²) in [5, 5.41) is 3.29. The molecule has 1 heterocycles. The average molecular weight is 311 g/mol. The average Bonchev–Trinajstić information content (AvgIpc) is 2.46. The maximum atomic E-state index is 12.3. The Labute approximate surface area is 127 Å². The summed E-state index contributed by atoms with van der Waals surface area (Å²) >= 11 is 0. The van der Waals surface area contributed by atoms with Crippen molar-refractivity contribution in [1.29, 1.82) is 0 Å². The van der Waals surface area contributed by atoms with Gasteiger partial charge in [0.1, 0.15) is 0 Å². The van der Waals surface area contributed by atoms with Crippen molar-refractivity contribution in [2.75, 3.05) is 39.0 Å². The maximum Gasteiger partial charge on any atom is 0.240 e. The topological polar surface area (TPSA) is 61.4 Å². The van der Waals surface area contributed by atoms with E-state index in [1.807, 2.05) is 20.2 Å². The third kappa shape index (κ3) is 4.69. The first-order valence-corrected chi connectivity index (χ1v) is 8.98. The van der Waals surface area contributed by atoms with E-state index in [1.54, 1.807) is 12.1 Å². The smallest absolute Gasteiger partial charge is 0.240 e. The van der Waals surface area contributed by atoms with Crippen molar-refractivity contribution in [2.24, 2.45) is 0 Å². The van der Waals surface area contributed by atoms with E-state index in [-0.39, 0.29) is 0 Å². The van der Waals surface area contributed by atoms with Crippen molar-refractivity contribution in [1.82, 2.24) is 9.62 Å². The molecule has 2 rings (SSSR count). The van der Waals surface area contributed by atoms with Crippen molar-refractivity contribution in [3.8, 4) is 0 Å². The molecule has 0 spiro atoms. The normalized spacial score (nSPS) is 14.8. The van der Waals surface area contributed by atoms with E-state index in [9.17, 15) is 8.42 Å². The van der Waals surface area contributed by atoms with E-state index < -0.39 is 10.0 Å². The summed E-state index contributed by atoms with van der Waals surface area (Å²) in [4.78, 5) is 2.47.